The lowest BCUT2D eigenvalue weighted by atomic mass is 10.0. The number of carbonyl (C=O) groups is 1. The van der Waals surface area contributed by atoms with E-state index in [0.29, 0.717) is 18.9 Å². The van der Waals surface area contributed by atoms with E-state index < -0.39 is 0 Å². The van der Waals surface area contributed by atoms with Gasteiger partial charge in [0.25, 0.3) is 0 Å². The van der Waals surface area contributed by atoms with Crippen LogP contribution in [0.25, 0.3) is 0 Å². The van der Waals surface area contributed by atoms with E-state index in [0.717, 1.165) is 45.3 Å². The number of hydrogen-bond donors (Lipinski definition) is 1. The van der Waals surface area contributed by atoms with Gasteiger partial charge in [-0.05, 0) is 58.0 Å². The Morgan fingerprint density at radius 2 is 1.09 bits per heavy atom. The molecule has 0 aromatic carbocycles. The lowest BCUT2D eigenvalue weighted by Crippen LogP contribution is -2.35. The fourth-order valence-corrected chi connectivity index (χ4v) is 6.04. The number of unbranched alkanes of at least 4 members (excludes halogenated alkanes) is 19. The van der Waals surface area contributed by atoms with Crippen molar-refractivity contribution in [2.75, 3.05) is 40.3 Å². The van der Waals surface area contributed by atoms with Crippen LogP contribution in [0.1, 0.15) is 188 Å². The van der Waals surface area contributed by atoms with Gasteiger partial charge in [-0.15, -0.1) is 0 Å². The van der Waals surface area contributed by atoms with Crippen molar-refractivity contribution < 1.29 is 9.53 Å². The molecule has 0 aromatic rings. The quantitative estimate of drug-likeness (QED) is 0.0191. The van der Waals surface area contributed by atoms with Crippen LogP contribution in [0.3, 0.4) is 0 Å². The molecule has 0 aliphatic heterocycles. The summed E-state index contributed by atoms with van der Waals surface area (Å²) in [4.78, 5) is 21.7. The summed E-state index contributed by atoms with van der Waals surface area (Å²) in [5, 5.41) is 11.7. The molecule has 0 saturated heterocycles. The fourth-order valence-electron chi connectivity index (χ4n) is 6.04. The molecular formula is C39H77N5O2. The van der Waals surface area contributed by atoms with E-state index in [-0.39, 0.29) is 12.1 Å². The highest BCUT2D eigenvalue weighted by atomic mass is 16.5. The molecule has 1 N–H and O–H groups in total. The molecule has 0 radical (unpaired) electrons. The first kappa shape index (κ1) is 44.2. The highest BCUT2D eigenvalue weighted by Gasteiger charge is 2.14. The molecule has 0 heterocycles. The third kappa shape index (κ3) is 29.6. The molecule has 0 rings (SSSR count). The van der Waals surface area contributed by atoms with Crippen molar-refractivity contribution in [3.05, 3.63) is 0 Å². The van der Waals surface area contributed by atoms with Gasteiger partial charge in [0.15, 0.2) is 6.19 Å². The lowest BCUT2D eigenvalue weighted by molar-refractivity contribution is -0.150. The van der Waals surface area contributed by atoms with Gasteiger partial charge >= 0.3 is 5.97 Å². The molecule has 0 bridgehead atoms. The van der Waals surface area contributed by atoms with E-state index in [1.165, 1.54) is 135 Å². The number of nitriles is 1. The van der Waals surface area contributed by atoms with E-state index in [1.54, 1.807) is 0 Å². The number of carbonyl (C=O) groups excluding carboxylic acids is 1. The molecule has 0 spiro atoms. The molecule has 0 amide bonds. The van der Waals surface area contributed by atoms with Gasteiger partial charge in [-0.2, -0.15) is 5.26 Å². The molecule has 270 valence electrons. The maximum atomic E-state index is 12.7. The molecule has 7 nitrogen and oxygen atoms in total. The predicted molar refractivity (Wildman–Crippen MR) is 198 cm³/mol. The van der Waals surface area contributed by atoms with E-state index in [4.69, 9.17) is 10.00 Å². The zero-order valence-corrected chi connectivity index (χ0v) is 31.4. The number of aliphatic imine (C=N–C) groups is 1. The number of guanidine groups is 1. The van der Waals surface area contributed by atoms with Crippen LogP contribution in [-0.4, -0.2) is 68.1 Å². The highest BCUT2D eigenvalue weighted by Crippen LogP contribution is 2.18. The lowest BCUT2D eigenvalue weighted by Gasteiger charge is -2.22. The van der Waals surface area contributed by atoms with E-state index in [1.807, 2.05) is 25.2 Å². The molecule has 0 unspecified atom stereocenters. The summed E-state index contributed by atoms with van der Waals surface area (Å²) in [6, 6.07) is 0. The maximum absolute atomic E-state index is 12.7. The fraction of sp³-hybridized carbons (Fsp3) is 0.923. The zero-order chi connectivity index (χ0) is 33.9. The molecule has 46 heavy (non-hydrogen) atoms. The van der Waals surface area contributed by atoms with Gasteiger partial charge in [0.1, 0.15) is 6.10 Å². The Morgan fingerprint density at radius 1 is 0.652 bits per heavy atom. The third-order valence-electron chi connectivity index (χ3n) is 9.01. The van der Waals surface area contributed by atoms with E-state index in [2.05, 4.69) is 36.0 Å². The number of ether oxygens (including phenoxy) is 1. The molecule has 0 aromatic heterocycles. The second-order valence-corrected chi connectivity index (χ2v) is 13.7. The van der Waals surface area contributed by atoms with Gasteiger partial charge < -0.3 is 14.5 Å². The van der Waals surface area contributed by atoms with E-state index in [9.17, 15) is 4.79 Å². The summed E-state index contributed by atoms with van der Waals surface area (Å²) in [7, 11) is 3.81. The van der Waals surface area contributed by atoms with Crippen LogP contribution >= 0.6 is 0 Å². The van der Waals surface area contributed by atoms with Gasteiger partial charge in [-0.25, -0.2) is 0 Å². The van der Waals surface area contributed by atoms with Crippen LogP contribution in [-0.2, 0) is 9.53 Å². The minimum Gasteiger partial charge on any atom is -0.462 e. The topological polar surface area (TPSA) is 81.0 Å². The van der Waals surface area contributed by atoms with E-state index >= 15 is 0 Å². The second-order valence-electron chi connectivity index (χ2n) is 13.7. The van der Waals surface area contributed by atoms with Gasteiger partial charge in [-0.3, -0.25) is 15.1 Å². The second kappa shape index (κ2) is 34.5. The average molecular weight is 648 g/mol. The first-order valence-corrected chi connectivity index (χ1v) is 19.8. The van der Waals surface area contributed by atoms with Crippen LogP contribution in [0.2, 0.25) is 0 Å². The maximum Gasteiger partial charge on any atom is 0.306 e. The standard InChI is InChI=1S/C39H77N5O2/c1-6-9-12-15-19-24-29-37(30-25-20-16-13-10-7-2)46-38(45)31-26-21-18-23-28-34-44(33-27-22-17-14-11-8-3)35-32-41-39(42-36-40)43(4)5/h37H,6-35H2,1-5H3,(H,41,42). The number of rotatable bonds is 33. The smallest absolute Gasteiger partial charge is 0.306 e. The molecule has 0 aliphatic carbocycles. The molecule has 0 atom stereocenters. The van der Waals surface area contributed by atoms with Gasteiger partial charge in [0.2, 0.25) is 5.96 Å². The third-order valence-corrected chi connectivity index (χ3v) is 9.01. The molecule has 0 saturated carbocycles. The van der Waals surface area contributed by atoms with Crippen LogP contribution in [0.4, 0.5) is 0 Å². The van der Waals surface area contributed by atoms with Crippen LogP contribution in [0, 0.1) is 11.5 Å². The Kier molecular flexibility index (Phi) is 33.2. The van der Waals surface area contributed by atoms with Gasteiger partial charge in [-0.1, -0.05) is 136 Å². The summed E-state index contributed by atoms with van der Waals surface area (Å²) in [5.41, 5.74) is 0. The first-order valence-electron chi connectivity index (χ1n) is 19.8. The monoisotopic (exact) mass is 648 g/mol. The minimum atomic E-state index is 0.0237. The van der Waals surface area contributed by atoms with Crippen molar-refractivity contribution in [2.24, 2.45) is 4.99 Å². The van der Waals surface area contributed by atoms with Crippen LogP contribution < -0.4 is 5.32 Å². The van der Waals surface area contributed by atoms with Crippen molar-refractivity contribution in [1.29, 1.82) is 5.26 Å². The minimum absolute atomic E-state index is 0.0237. The van der Waals surface area contributed by atoms with Crippen molar-refractivity contribution in [1.82, 2.24) is 15.1 Å². The zero-order valence-electron chi connectivity index (χ0n) is 31.4. The number of esters is 1. The van der Waals surface area contributed by atoms with Crippen molar-refractivity contribution >= 4 is 11.9 Å². The van der Waals surface area contributed by atoms with Crippen LogP contribution in [0.15, 0.2) is 4.99 Å². The van der Waals surface area contributed by atoms with Crippen LogP contribution in [0.5, 0.6) is 0 Å². The normalized spacial score (nSPS) is 11.7. The molecular weight excluding hydrogens is 570 g/mol. The number of hydrogen-bond acceptors (Lipinski definition) is 5. The Balaban J connectivity index is 4.45. The van der Waals surface area contributed by atoms with Crippen molar-refractivity contribution in [3.8, 4) is 6.19 Å². The van der Waals surface area contributed by atoms with Gasteiger partial charge in [0.05, 0.1) is 6.54 Å². The summed E-state index contributed by atoms with van der Waals surface area (Å²) >= 11 is 0. The SMILES string of the molecule is CCCCCCCCC(CCCCCCCC)OC(=O)CCCCCCCN(CCCCCCCC)CCN=C(NC#N)N(C)C. The summed E-state index contributed by atoms with van der Waals surface area (Å²) in [6.45, 7) is 10.6. The molecule has 7 heteroatoms. The van der Waals surface area contributed by atoms with Gasteiger partial charge in [0, 0.05) is 27.1 Å². The highest BCUT2D eigenvalue weighted by molar-refractivity contribution is 5.80. The summed E-state index contributed by atoms with van der Waals surface area (Å²) in [5.74, 6) is 0.646. The largest absolute Gasteiger partial charge is 0.462 e. The Labute approximate surface area is 286 Å². The first-order chi connectivity index (χ1) is 22.5. The van der Waals surface area contributed by atoms with Crippen molar-refractivity contribution in [2.45, 2.75) is 194 Å². The van der Waals surface area contributed by atoms with Crippen molar-refractivity contribution in [3.63, 3.8) is 0 Å². The Morgan fingerprint density at radius 3 is 1.54 bits per heavy atom. The summed E-state index contributed by atoms with van der Waals surface area (Å²) < 4.78 is 6.04. The molecule has 0 aliphatic rings. The Bertz CT molecular complexity index is 720. The molecule has 0 fully saturated rings. The predicted octanol–water partition coefficient (Wildman–Crippen LogP) is 10.4. The summed E-state index contributed by atoms with van der Waals surface area (Å²) in [6.07, 6.45) is 33.6. The number of nitrogens with one attached hydrogen (secondary N) is 1. The average Bonchev–Trinajstić information content (AvgIpc) is 3.04. The Hall–Kier alpha value is -1.81. The number of nitrogens with zero attached hydrogens (tertiary/aromatic N) is 4.